The summed E-state index contributed by atoms with van der Waals surface area (Å²) in [4.78, 5) is 31.9. The molecule has 6 aromatic carbocycles. The van der Waals surface area contributed by atoms with Crippen LogP contribution >= 0.6 is 15.9 Å². The molecule has 10 nitrogen and oxygen atoms in total. The van der Waals surface area contributed by atoms with Crippen molar-refractivity contribution in [1.82, 2.24) is 9.13 Å². The van der Waals surface area contributed by atoms with Crippen molar-refractivity contribution in [3.05, 3.63) is 188 Å². The van der Waals surface area contributed by atoms with Crippen LogP contribution in [0.5, 0.6) is 0 Å². The van der Waals surface area contributed by atoms with Crippen LogP contribution in [0.4, 0.5) is 11.4 Å². The molecule has 2 saturated heterocycles. The lowest BCUT2D eigenvalue weighted by molar-refractivity contribution is -0.00548. The number of rotatable bonds is 8. The van der Waals surface area contributed by atoms with E-state index in [2.05, 4.69) is 140 Å². The molecule has 74 heavy (non-hydrogen) atoms. The average Bonchev–Trinajstić information content (AvgIpc) is 4.34. The molecule has 2 aliphatic carbocycles. The maximum Gasteiger partial charge on any atom is 0.454 e. The molecule has 380 valence electrons. The molecule has 4 atom stereocenters. The Labute approximate surface area is 443 Å². The molecule has 2 aliphatic heterocycles. The van der Waals surface area contributed by atoms with E-state index >= 15 is 0 Å². The lowest BCUT2D eigenvalue weighted by Gasteiger charge is -2.36. The number of fused-ring (bicyclic) bond motifs is 2. The largest absolute Gasteiger partial charge is 0.454 e. The number of morpholine rings is 2. The van der Waals surface area contributed by atoms with Crippen LogP contribution in [-0.2, 0) is 9.47 Å². The van der Waals surface area contributed by atoms with E-state index in [0.29, 0.717) is 0 Å². The van der Waals surface area contributed by atoms with Gasteiger partial charge in [0.2, 0.25) is 0 Å². The number of pyridine rings is 2. The van der Waals surface area contributed by atoms with Gasteiger partial charge in [-0.15, -0.1) is 0 Å². The number of ether oxygens (including phenoxy) is 2. The molecule has 8 aromatic rings. The Kier molecular flexibility index (Phi) is 15.2. The first-order valence-corrected chi connectivity index (χ1v) is 27.0. The van der Waals surface area contributed by atoms with E-state index in [1.165, 1.54) is 29.7 Å². The summed E-state index contributed by atoms with van der Waals surface area (Å²) in [6, 6.07) is 45.8. The van der Waals surface area contributed by atoms with Gasteiger partial charge in [-0.25, -0.2) is 0 Å². The highest BCUT2D eigenvalue weighted by Gasteiger charge is 2.33. The van der Waals surface area contributed by atoms with Gasteiger partial charge in [0.15, 0.2) is 0 Å². The third-order valence-corrected chi connectivity index (χ3v) is 15.3. The minimum atomic E-state index is -1.04. The van der Waals surface area contributed by atoms with Crippen molar-refractivity contribution in [2.24, 2.45) is 0 Å². The highest BCUT2D eigenvalue weighted by atomic mass is 79.9. The second kappa shape index (κ2) is 21.9. The van der Waals surface area contributed by atoms with Crippen molar-refractivity contribution in [3.63, 3.8) is 0 Å². The van der Waals surface area contributed by atoms with Gasteiger partial charge in [-0.3, -0.25) is 18.7 Å². The zero-order valence-electron chi connectivity index (χ0n) is 43.2. The average molecular weight is 1050 g/mol. The predicted molar refractivity (Wildman–Crippen MR) is 307 cm³/mol. The number of benzene rings is 6. The fraction of sp³-hybridized carbons (Fsp3) is 0.323. The fourth-order valence-electron chi connectivity index (χ4n) is 10.9. The van der Waals surface area contributed by atoms with Crippen LogP contribution in [0.1, 0.15) is 76.0 Å². The molecule has 4 aliphatic rings. The van der Waals surface area contributed by atoms with Gasteiger partial charge in [-0.05, 0) is 189 Å². The van der Waals surface area contributed by atoms with Crippen LogP contribution in [0.25, 0.3) is 55.2 Å². The first kappa shape index (κ1) is 51.2. The van der Waals surface area contributed by atoms with Crippen LogP contribution in [0.3, 0.4) is 0 Å². The number of nitrogens with zero attached hydrogens (tertiary/aromatic N) is 4. The quantitative estimate of drug-likeness (QED) is 0.145. The fourth-order valence-corrected chi connectivity index (χ4v) is 11.1. The van der Waals surface area contributed by atoms with Crippen molar-refractivity contribution in [1.29, 1.82) is 0 Å². The van der Waals surface area contributed by atoms with E-state index in [1.807, 2.05) is 73.1 Å². The molecule has 2 aromatic heterocycles. The summed E-state index contributed by atoms with van der Waals surface area (Å²) in [6.45, 7) is 16.1. The second-order valence-corrected chi connectivity index (χ2v) is 21.9. The third-order valence-electron chi connectivity index (χ3n) is 14.8. The summed E-state index contributed by atoms with van der Waals surface area (Å²) in [6.07, 6.45) is 9.39. The number of aryl methyl sites for hydroxylation is 2. The van der Waals surface area contributed by atoms with Gasteiger partial charge in [0, 0.05) is 76.6 Å². The number of hydrogen-bond acceptors (Lipinski definition) is 8. The molecule has 4 heterocycles. The molecule has 12 rings (SSSR count). The van der Waals surface area contributed by atoms with Gasteiger partial charge in [0.05, 0.1) is 24.4 Å². The van der Waals surface area contributed by atoms with E-state index < -0.39 is 7.12 Å². The lowest BCUT2D eigenvalue weighted by Crippen LogP contribution is -2.45. The Morgan fingerprint density at radius 1 is 0.500 bits per heavy atom. The topological polar surface area (TPSA) is 109 Å². The Balaban J connectivity index is 0.000000152. The van der Waals surface area contributed by atoms with E-state index in [0.717, 1.165) is 116 Å². The summed E-state index contributed by atoms with van der Waals surface area (Å²) in [5.41, 5.74) is 12.2. The molecule has 2 N–H and O–H groups in total. The number of halogens is 1. The van der Waals surface area contributed by atoms with E-state index in [4.69, 9.17) is 19.5 Å². The van der Waals surface area contributed by atoms with E-state index in [1.54, 1.807) is 9.13 Å². The smallest absolute Gasteiger partial charge is 0.427 e. The van der Waals surface area contributed by atoms with Crippen LogP contribution in [0, 0.1) is 13.8 Å². The Hall–Kier alpha value is -6.28. The molecular weight excluding hydrogens is 987 g/mol. The number of hydrogen-bond donors (Lipinski definition) is 2. The maximum absolute atomic E-state index is 13.6. The van der Waals surface area contributed by atoms with Crippen LogP contribution < -0.4 is 20.9 Å². The van der Waals surface area contributed by atoms with Crippen LogP contribution in [0.15, 0.2) is 160 Å². The maximum atomic E-state index is 13.6. The Bertz CT molecular complexity index is 3370. The van der Waals surface area contributed by atoms with Gasteiger partial charge in [-0.2, -0.15) is 0 Å². The summed E-state index contributed by atoms with van der Waals surface area (Å²) < 4.78 is 16.3. The molecule has 0 bridgehead atoms. The zero-order chi connectivity index (χ0) is 51.8. The monoisotopic (exact) mass is 1050 g/mol. The number of anilines is 2. The first-order chi connectivity index (χ1) is 35.7. The number of aromatic nitrogens is 2. The molecule has 0 radical (unpaired) electrons. The van der Waals surface area contributed by atoms with Crippen LogP contribution in [-0.4, -0.2) is 76.9 Å². The summed E-state index contributed by atoms with van der Waals surface area (Å²) >= 11 is 3.50. The molecule has 0 unspecified atom stereocenters. The van der Waals surface area contributed by atoms with Crippen molar-refractivity contribution in [2.75, 3.05) is 36.0 Å². The van der Waals surface area contributed by atoms with E-state index in [9.17, 15) is 9.59 Å². The minimum Gasteiger partial charge on any atom is -0.427 e. The SMILES string of the molecule is Cc1cn(-c2ccc(N3C[C@@H](C)O[C@@H](C)C3)cc2)c(=O)c2cccc(-c3ccc(Br)cc3)c12.Cc1cn(-c2ccc(N3C[C@@H](C)O[C@@H](C)C3)cc2)c(=O)c2cccc(-c3ccc(C4CC4)cc3)c12.OB(O)C1CC1. The lowest BCUT2D eigenvalue weighted by atomic mass is 9.84. The molecule has 0 amide bonds. The highest BCUT2D eigenvalue weighted by Crippen LogP contribution is 2.41. The summed E-state index contributed by atoms with van der Waals surface area (Å²) in [7, 11) is -1.04. The van der Waals surface area contributed by atoms with Crippen molar-refractivity contribution < 1.29 is 19.5 Å². The standard InChI is InChI=1S/C31H32N2O2.C28H27BrN2O2.C3H7BO2/c1-20-17-33(27-15-13-26(14-16-27)32-18-21(2)35-22(3)19-32)31(34)29-6-4-5-28(30(20)29)25-11-9-24(10-12-25)23-7-8-23;1-18-15-31(24-13-11-23(12-14-24)30-16-19(2)33-20(3)17-30)28(32)26-6-4-5-25(27(18)26)21-7-9-22(29)10-8-21;5-4(6)3-1-2-3/h4-6,9-17,21-23H,7-8,18-19H2,1-3H3;4-15,19-20H,16-17H2,1-3H3;3,5-6H,1-2H2/t21-,22+;19-,20+;. The van der Waals surface area contributed by atoms with Crippen molar-refractivity contribution >= 4 is 56.0 Å². The van der Waals surface area contributed by atoms with E-state index in [-0.39, 0.29) is 41.4 Å². The Morgan fingerprint density at radius 3 is 1.23 bits per heavy atom. The van der Waals surface area contributed by atoms with Gasteiger partial charge in [0.25, 0.3) is 11.1 Å². The van der Waals surface area contributed by atoms with Gasteiger partial charge in [0.1, 0.15) is 0 Å². The minimum absolute atomic E-state index is 0.00377. The molecule has 2 saturated carbocycles. The van der Waals surface area contributed by atoms with Gasteiger partial charge >= 0.3 is 7.12 Å². The van der Waals surface area contributed by atoms with Crippen molar-refractivity contribution in [3.8, 4) is 33.6 Å². The van der Waals surface area contributed by atoms with Gasteiger partial charge < -0.3 is 29.3 Å². The predicted octanol–water partition coefficient (Wildman–Crippen LogP) is 12.4. The van der Waals surface area contributed by atoms with Gasteiger partial charge in [-0.1, -0.05) is 89.4 Å². The third kappa shape index (κ3) is 11.4. The Morgan fingerprint density at radius 2 is 0.878 bits per heavy atom. The summed E-state index contributed by atoms with van der Waals surface area (Å²) in [5.74, 6) is 0.956. The molecule has 0 spiro atoms. The van der Waals surface area contributed by atoms with Crippen molar-refractivity contribution in [2.45, 2.75) is 103 Å². The summed E-state index contributed by atoms with van der Waals surface area (Å²) in [5, 5.41) is 20.0. The molecule has 12 heteroatoms. The molecule has 4 fully saturated rings. The molecular formula is C62H66BBrN4O6. The normalized spacial score (nSPS) is 19.6. The first-order valence-electron chi connectivity index (χ1n) is 26.2. The van der Waals surface area contributed by atoms with Crippen LogP contribution in [0.2, 0.25) is 5.82 Å². The second-order valence-electron chi connectivity index (χ2n) is 20.9. The zero-order valence-corrected chi connectivity index (χ0v) is 44.8. The highest BCUT2D eigenvalue weighted by molar-refractivity contribution is 9.10.